The van der Waals surface area contributed by atoms with E-state index < -0.39 is 0 Å². The third-order valence-electron chi connectivity index (χ3n) is 3.12. The fourth-order valence-electron chi connectivity index (χ4n) is 2.13. The molecular weight excluding hydrogens is 256 g/mol. The Morgan fingerprint density at radius 2 is 1.42 bits per heavy atom. The van der Waals surface area contributed by atoms with Gasteiger partial charge in [0.05, 0.1) is 10.7 Å². The molecule has 0 heterocycles. The van der Waals surface area contributed by atoms with Gasteiger partial charge in [0.15, 0.2) is 0 Å². The van der Waals surface area contributed by atoms with Gasteiger partial charge in [0, 0.05) is 39.4 Å². The Morgan fingerprint density at radius 3 is 2.05 bits per heavy atom. The van der Waals surface area contributed by atoms with Crippen molar-refractivity contribution < 1.29 is 0 Å². The van der Waals surface area contributed by atoms with E-state index in [-0.39, 0.29) is 0 Å². The lowest BCUT2D eigenvalue weighted by Gasteiger charge is -2.20. The van der Waals surface area contributed by atoms with Crippen LogP contribution < -0.4 is 9.80 Å². The first kappa shape index (κ1) is 13.8. The monoisotopic (exact) mass is 274 g/mol. The Labute approximate surface area is 120 Å². The molecule has 0 aliphatic rings. The van der Waals surface area contributed by atoms with Crippen molar-refractivity contribution in [3.63, 3.8) is 0 Å². The fraction of sp³-hybridized carbons (Fsp3) is 0.250. The Balaban J connectivity index is 2.57. The molecule has 2 aromatic rings. The van der Waals surface area contributed by atoms with Crippen LogP contribution in [0.25, 0.3) is 11.1 Å². The molecule has 0 saturated heterocycles. The summed E-state index contributed by atoms with van der Waals surface area (Å²) in [6, 6.07) is 14.5. The number of hydrogen-bond acceptors (Lipinski definition) is 2. The van der Waals surface area contributed by atoms with Crippen molar-refractivity contribution in [3.05, 3.63) is 47.5 Å². The number of para-hydroxylation sites is 1. The molecule has 2 aromatic carbocycles. The SMILES string of the molecule is CN(C)c1cc(-c2ccccc2N(C)C)ccc1Cl. The molecule has 0 unspecified atom stereocenters. The van der Waals surface area contributed by atoms with E-state index in [0.717, 1.165) is 10.7 Å². The van der Waals surface area contributed by atoms with Crippen LogP contribution in [0.2, 0.25) is 5.02 Å². The molecule has 2 nitrogen and oxygen atoms in total. The number of rotatable bonds is 3. The predicted molar refractivity (Wildman–Crippen MR) is 85.5 cm³/mol. The van der Waals surface area contributed by atoms with Crippen molar-refractivity contribution in [2.24, 2.45) is 0 Å². The topological polar surface area (TPSA) is 6.48 Å². The molecule has 0 aliphatic heterocycles. The van der Waals surface area contributed by atoms with Gasteiger partial charge < -0.3 is 9.80 Å². The highest BCUT2D eigenvalue weighted by atomic mass is 35.5. The molecule has 3 heteroatoms. The molecule has 100 valence electrons. The molecule has 0 fully saturated rings. The maximum absolute atomic E-state index is 6.23. The lowest BCUT2D eigenvalue weighted by atomic mass is 10.0. The number of hydrogen-bond donors (Lipinski definition) is 0. The molecule has 0 amide bonds. The Morgan fingerprint density at radius 1 is 0.789 bits per heavy atom. The van der Waals surface area contributed by atoms with Gasteiger partial charge in [-0.3, -0.25) is 0 Å². The van der Waals surface area contributed by atoms with Crippen LogP contribution in [0.3, 0.4) is 0 Å². The quantitative estimate of drug-likeness (QED) is 0.830. The van der Waals surface area contributed by atoms with Gasteiger partial charge in [-0.1, -0.05) is 35.9 Å². The second-order valence-corrected chi connectivity index (χ2v) is 5.38. The van der Waals surface area contributed by atoms with E-state index in [2.05, 4.69) is 55.4 Å². The van der Waals surface area contributed by atoms with Gasteiger partial charge in [0.25, 0.3) is 0 Å². The van der Waals surface area contributed by atoms with E-state index in [1.165, 1.54) is 16.8 Å². The van der Waals surface area contributed by atoms with Crippen LogP contribution in [0.15, 0.2) is 42.5 Å². The minimum Gasteiger partial charge on any atom is -0.377 e. The first-order valence-electron chi connectivity index (χ1n) is 6.24. The number of halogens is 1. The molecule has 0 aliphatic carbocycles. The Bertz CT molecular complexity index is 577. The maximum atomic E-state index is 6.23. The largest absolute Gasteiger partial charge is 0.377 e. The van der Waals surface area contributed by atoms with Gasteiger partial charge >= 0.3 is 0 Å². The van der Waals surface area contributed by atoms with Gasteiger partial charge in [0.2, 0.25) is 0 Å². The lowest BCUT2D eigenvalue weighted by Crippen LogP contribution is -2.11. The van der Waals surface area contributed by atoms with Crippen molar-refractivity contribution in [2.45, 2.75) is 0 Å². The average Bonchev–Trinajstić information content (AvgIpc) is 2.39. The highest BCUT2D eigenvalue weighted by molar-refractivity contribution is 6.33. The summed E-state index contributed by atoms with van der Waals surface area (Å²) >= 11 is 6.23. The summed E-state index contributed by atoms with van der Waals surface area (Å²) < 4.78 is 0. The second-order valence-electron chi connectivity index (χ2n) is 4.97. The minimum absolute atomic E-state index is 0.774. The van der Waals surface area contributed by atoms with Gasteiger partial charge in [0.1, 0.15) is 0 Å². The summed E-state index contributed by atoms with van der Waals surface area (Å²) in [6.45, 7) is 0. The minimum atomic E-state index is 0.774. The van der Waals surface area contributed by atoms with Crippen LogP contribution in [0.4, 0.5) is 11.4 Å². The Kier molecular flexibility index (Phi) is 4.01. The third kappa shape index (κ3) is 2.85. The summed E-state index contributed by atoms with van der Waals surface area (Å²) in [7, 11) is 8.12. The molecule has 0 bridgehead atoms. The summed E-state index contributed by atoms with van der Waals surface area (Å²) in [6.07, 6.45) is 0. The van der Waals surface area contributed by atoms with Crippen molar-refractivity contribution in [3.8, 4) is 11.1 Å². The van der Waals surface area contributed by atoms with Crippen molar-refractivity contribution in [2.75, 3.05) is 38.0 Å². The third-order valence-corrected chi connectivity index (χ3v) is 3.44. The highest BCUT2D eigenvalue weighted by Crippen LogP contribution is 2.34. The zero-order valence-electron chi connectivity index (χ0n) is 11.8. The standard InChI is InChI=1S/C16H19ClN2/c1-18(2)15-8-6-5-7-13(15)12-9-10-14(17)16(11-12)19(3)4/h5-11H,1-4H3. The average molecular weight is 275 g/mol. The first-order chi connectivity index (χ1) is 9.00. The predicted octanol–water partition coefficient (Wildman–Crippen LogP) is 4.14. The zero-order chi connectivity index (χ0) is 14.0. The first-order valence-corrected chi connectivity index (χ1v) is 6.62. The molecule has 0 atom stereocenters. The van der Waals surface area contributed by atoms with E-state index in [1.54, 1.807) is 0 Å². The number of nitrogens with zero attached hydrogens (tertiary/aromatic N) is 2. The number of benzene rings is 2. The Hall–Kier alpha value is -1.67. The molecule has 19 heavy (non-hydrogen) atoms. The second kappa shape index (κ2) is 5.54. The van der Waals surface area contributed by atoms with Crippen molar-refractivity contribution in [1.29, 1.82) is 0 Å². The van der Waals surface area contributed by atoms with E-state index in [0.29, 0.717) is 0 Å². The van der Waals surface area contributed by atoms with Crippen LogP contribution in [0.1, 0.15) is 0 Å². The van der Waals surface area contributed by atoms with E-state index in [4.69, 9.17) is 11.6 Å². The molecule has 2 rings (SSSR count). The van der Waals surface area contributed by atoms with Crippen molar-refractivity contribution >= 4 is 23.0 Å². The summed E-state index contributed by atoms with van der Waals surface area (Å²) in [5.41, 5.74) is 4.63. The van der Waals surface area contributed by atoms with E-state index in [1.807, 2.05) is 25.1 Å². The molecule has 0 radical (unpaired) electrons. The molecular formula is C16H19ClN2. The van der Waals surface area contributed by atoms with Gasteiger partial charge in [-0.25, -0.2) is 0 Å². The smallest absolute Gasteiger partial charge is 0.0639 e. The van der Waals surface area contributed by atoms with E-state index in [9.17, 15) is 0 Å². The summed E-state index contributed by atoms with van der Waals surface area (Å²) in [5, 5.41) is 0.774. The van der Waals surface area contributed by atoms with Crippen LogP contribution in [0.5, 0.6) is 0 Å². The molecule has 0 spiro atoms. The van der Waals surface area contributed by atoms with Gasteiger partial charge in [-0.05, 0) is 23.8 Å². The molecule has 0 saturated carbocycles. The zero-order valence-corrected chi connectivity index (χ0v) is 12.6. The highest BCUT2D eigenvalue weighted by Gasteiger charge is 2.09. The van der Waals surface area contributed by atoms with Crippen molar-refractivity contribution in [1.82, 2.24) is 0 Å². The van der Waals surface area contributed by atoms with Crippen LogP contribution in [-0.2, 0) is 0 Å². The van der Waals surface area contributed by atoms with E-state index >= 15 is 0 Å². The normalized spacial score (nSPS) is 10.4. The maximum Gasteiger partial charge on any atom is 0.0639 e. The van der Waals surface area contributed by atoms with Crippen LogP contribution >= 0.6 is 11.6 Å². The van der Waals surface area contributed by atoms with Gasteiger partial charge in [-0.2, -0.15) is 0 Å². The summed E-state index contributed by atoms with van der Waals surface area (Å²) in [4.78, 5) is 4.16. The molecule has 0 N–H and O–H groups in total. The van der Waals surface area contributed by atoms with Gasteiger partial charge in [-0.15, -0.1) is 0 Å². The summed E-state index contributed by atoms with van der Waals surface area (Å²) in [5.74, 6) is 0. The van der Waals surface area contributed by atoms with Crippen LogP contribution in [-0.4, -0.2) is 28.2 Å². The fourth-order valence-corrected chi connectivity index (χ4v) is 2.42. The molecule has 0 aromatic heterocycles. The van der Waals surface area contributed by atoms with Crippen LogP contribution in [0, 0.1) is 0 Å². The number of anilines is 2. The lowest BCUT2D eigenvalue weighted by molar-refractivity contribution is 1.13.